The second-order valence-electron chi connectivity index (χ2n) is 5.60. The third-order valence-electron chi connectivity index (χ3n) is 3.75. The number of rotatable bonds is 7. The van der Waals surface area contributed by atoms with Crippen molar-refractivity contribution in [1.82, 2.24) is 19.7 Å². The molecule has 0 saturated carbocycles. The van der Waals surface area contributed by atoms with Crippen molar-refractivity contribution in [2.45, 2.75) is 20.0 Å². The van der Waals surface area contributed by atoms with Crippen LogP contribution in [0.2, 0.25) is 5.02 Å². The Morgan fingerprint density at radius 1 is 1.37 bits per heavy atom. The normalized spacial score (nSPS) is 10.6. The molecule has 0 aliphatic heterocycles. The molecule has 0 aliphatic carbocycles. The van der Waals surface area contributed by atoms with E-state index in [0.717, 1.165) is 6.54 Å². The van der Waals surface area contributed by atoms with Gasteiger partial charge in [0.05, 0.1) is 22.5 Å². The van der Waals surface area contributed by atoms with Gasteiger partial charge in [-0.25, -0.2) is 9.37 Å². The number of nitrogens with one attached hydrogen (secondary N) is 2. The molecule has 0 bridgehead atoms. The van der Waals surface area contributed by atoms with Gasteiger partial charge in [0.25, 0.3) is 5.91 Å². The highest BCUT2D eigenvalue weighted by atomic mass is 35.5. The molecule has 2 heterocycles. The van der Waals surface area contributed by atoms with E-state index < -0.39 is 11.7 Å². The molecule has 0 fully saturated rings. The Morgan fingerprint density at radius 3 is 2.89 bits per heavy atom. The van der Waals surface area contributed by atoms with Gasteiger partial charge in [-0.2, -0.15) is 10.1 Å². The predicted molar refractivity (Wildman–Crippen MR) is 100 cm³/mol. The summed E-state index contributed by atoms with van der Waals surface area (Å²) in [5.41, 5.74) is 6.71. The fraction of sp³-hybridized carbons (Fsp3) is 0.176. The Kier molecular flexibility index (Phi) is 5.51. The Bertz CT molecular complexity index is 976. The van der Waals surface area contributed by atoms with Crippen molar-refractivity contribution in [3.8, 4) is 0 Å². The maximum Gasteiger partial charge on any atom is 0.254 e. The van der Waals surface area contributed by atoms with E-state index in [-0.39, 0.29) is 28.9 Å². The first-order chi connectivity index (χ1) is 13.0. The molecule has 3 aromatic rings. The number of nitrogens with zero attached hydrogens (tertiary/aromatic N) is 4. The van der Waals surface area contributed by atoms with Crippen molar-refractivity contribution in [3.05, 3.63) is 58.8 Å². The van der Waals surface area contributed by atoms with E-state index in [1.54, 1.807) is 29.2 Å². The quantitative estimate of drug-likeness (QED) is 0.573. The number of primary amides is 1. The largest absolute Gasteiger partial charge is 0.365 e. The standard InChI is InChI=1S/C17H17ClFN7O/c1-2-26-9-11(7-23-26)24-17-22-8-12(15(20)27)16(25-17)21-6-10-4-3-5-13(19)14(10)18/h3-5,7-9H,2,6H2,1H3,(H2,20,27)(H2,21,22,24,25). The minimum Gasteiger partial charge on any atom is -0.365 e. The molecule has 0 aliphatic rings. The average Bonchev–Trinajstić information content (AvgIpc) is 3.10. The molecule has 1 amide bonds. The fourth-order valence-electron chi connectivity index (χ4n) is 2.35. The second-order valence-corrected chi connectivity index (χ2v) is 5.97. The summed E-state index contributed by atoms with van der Waals surface area (Å²) >= 11 is 5.96. The summed E-state index contributed by atoms with van der Waals surface area (Å²) in [7, 11) is 0. The van der Waals surface area contributed by atoms with Gasteiger partial charge < -0.3 is 16.4 Å². The van der Waals surface area contributed by atoms with Crippen molar-refractivity contribution in [3.63, 3.8) is 0 Å². The average molecular weight is 390 g/mol. The number of nitrogens with two attached hydrogens (primary N) is 1. The third kappa shape index (κ3) is 4.32. The van der Waals surface area contributed by atoms with Crippen LogP contribution in [0.4, 0.5) is 21.8 Å². The Labute approximate surface area is 159 Å². The molecule has 1 aromatic carbocycles. The molecule has 10 heteroatoms. The molecule has 8 nitrogen and oxygen atoms in total. The van der Waals surface area contributed by atoms with Gasteiger partial charge in [-0.1, -0.05) is 23.7 Å². The highest BCUT2D eigenvalue weighted by Gasteiger charge is 2.14. The maximum atomic E-state index is 13.6. The first-order valence-corrected chi connectivity index (χ1v) is 8.48. The number of amides is 1. The zero-order valence-electron chi connectivity index (χ0n) is 14.4. The van der Waals surface area contributed by atoms with Crippen LogP contribution in [0.3, 0.4) is 0 Å². The van der Waals surface area contributed by atoms with Crippen LogP contribution in [0, 0.1) is 5.82 Å². The molecule has 27 heavy (non-hydrogen) atoms. The molecular weight excluding hydrogens is 373 g/mol. The van der Waals surface area contributed by atoms with Crippen molar-refractivity contribution >= 4 is 35.0 Å². The van der Waals surface area contributed by atoms with Crippen LogP contribution in [0.15, 0.2) is 36.8 Å². The van der Waals surface area contributed by atoms with Gasteiger partial charge in [0.1, 0.15) is 11.6 Å². The molecule has 0 unspecified atom stereocenters. The summed E-state index contributed by atoms with van der Waals surface area (Å²) < 4.78 is 15.3. The van der Waals surface area contributed by atoms with Gasteiger partial charge in [0, 0.05) is 25.5 Å². The lowest BCUT2D eigenvalue weighted by Gasteiger charge is -2.12. The Morgan fingerprint density at radius 2 is 2.19 bits per heavy atom. The number of aromatic nitrogens is 4. The number of carbonyl (C=O) groups is 1. The molecule has 4 N–H and O–H groups in total. The smallest absolute Gasteiger partial charge is 0.254 e. The number of benzene rings is 1. The van der Waals surface area contributed by atoms with Crippen LogP contribution in [0.1, 0.15) is 22.8 Å². The van der Waals surface area contributed by atoms with E-state index in [9.17, 15) is 9.18 Å². The van der Waals surface area contributed by atoms with Gasteiger partial charge >= 0.3 is 0 Å². The number of aryl methyl sites for hydroxylation is 1. The highest BCUT2D eigenvalue weighted by Crippen LogP contribution is 2.22. The monoisotopic (exact) mass is 389 g/mol. The molecule has 0 radical (unpaired) electrons. The van der Waals surface area contributed by atoms with Crippen LogP contribution in [0.5, 0.6) is 0 Å². The molecule has 0 saturated heterocycles. The van der Waals surface area contributed by atoms with Crippen LogP contribution in [0.25, 0.3) is 0 Å². The molecule has 3 rings (SSSR count). The Hall–Kier alpha value is -3.20. The number of carbonyl (C=O) groups excluding carboxylic acids is 1. The van der Waals surface area contributed by atoms with E-state index >= 15 is 0 Å². The van der Waals surface area contributed by atoms with E-state index in [1.165, 1.54) is 12.3 Å². The number of halogens is 2. The lowest BCUT2D eigenvalue weighted by atomic mass is 10.2. The van der Waals surface area contributed by atoms with Crippen LogP contribution < -0.4 is 16.4 Å². The Balaban J connectivity index is 1.83. The first-order valence-electron chi connectivity index (χ1n) is 8.11. The number of hydrogen-bond acceptors (Lipinski definition) is 6. The zero-order chi connectivity index (χ0) is 19.4. The topological polar surface area (TPSA) is 111 Å². The van der Waals surface area contributed by atoms with E-state index in [2.05, 4.69) is 25.7 Å². The van der Waals surface area contributed by atoms with E-state index in [1.807, 2.05) is 6.92 Å². The van der Waals surface area contributed by atoms with Crippen molar-refractivity contribution in [1.29, 1.82) is 0 Å². The van der Waals surface area contributed by atoms with Gasteiger partial charge in [0.15, 0.2) is 0 Å². The van der Waals surface area contributed by atoms with Gasteiger partial charge in [0.2, 0.25) is 5.95 Å². The van der Waals surface area contributed by atoms with Gasteiger partial charge in [-0.05, 0) is 18.6 Å². The molecule has 0 spiro atoms. The summed E-state index contributed by atoms with van der Waals surface area (Å²) in [4.78, 5) is 20.0. The predicted octanol–water partition coefficient (Wildman–Crippen LogP) is 2.94. The summed E-state index contributed by atoms with van der Waals surface area (Å²) in [6, 6.07) is 4.48. The van der Waals surface area contributed by atoms with Crippen molar-refractivity contribution in [2.75, 3.05) is 10.6 Å². The lowest BCUT2D eigenvalue weighted by Crippen LogP contribution is -2.17. The molecule has 140 valence electrons. The minimum atomic E-state index is -0.687. The molecule has 0 atom stereocenters. The van der Waals surface area contributed by atoms with Crippen LogP contribution >= 0.6 is 11.6 Å². The van der Waals surface area contributed by atoms with Gasteiger partial charge in [-0.15, -0.1) is 0 Å². The SMILES string of the molecule is CCn1cc(Nc2ncc(C(N)=O)c(NCc3cccc(F)c3Cl)n2)cn1. The van der Waals surface area contributed by atoms with E-state index in [4.69, 9.17) is 17.3 Å². The summed E-state index contributed by atoms with van der Waals surface area (Å²) in [5, 5.41) is 10.1. The molecular formula is C17H17ClFN7O. The van der Waals surface area contributed by atoms with Crippen molar-refractivity contribution < 1.29 is 9.18 Å². The summed E-state index contributed by atoms with van der Waals surface area (Å²) in [6.07, 6.45) is 4.75. The third-order valence-corrected chi connectivity index (χ3v) is 4.17. The number of anilines is 3. The highest BCUT2D eigenvalue weighted by molar-refractivity contribution is 6.31. The number of hydrogen-bond donors (Lipinski definition) is 3. The summed E-state index contributed by atoms with van der Waals surface area (Å²) in [6.45, 7) is 2.85. The molecule has 2 aromatic heterocycles. The van der Waals surface area contributed by atoms with Crippen LogP contribution in [-0.2, 0) is 13.1 Å². The van der Waals surface area contributed by atoms with E-state index in [0.29, 0.717) is 11.3 Å². The van der Waals surface area contributed by atoms with Crippen LogP contribution in [-0.4, -0.2) is 25.7 Å². The fourth-order valence-corrected chi connectivity index (χ4v) is 2.54. The first kappa shape index (κ1) is 18.6. The zero-order valence-corrected chi connectivity index (χ0v) is 15.2. The minimum absolute atomic E-state index is 0.00464. The van der Waals surface area contributed by atoms with Crippen molar-refractivity contribution in [2.24, 2.45) is 5.73 Å². The lowest BCUT2D eigenvalue weighted by molar-refractivity contribution is 0.100. The van der Waals surface area contributed by atoms with Gasteiger partial charge in [-0.3, -0.25) is 9.48 Å². The second kappa shape index (κ2) is 8.00. The maximum absolute atomic E-state index is 13.6. The summed E-state index contributed by atoms with van der Waals surface area (Å²) in [5.74, 6) is -0.746.